The molecule has 21 heavy (non-hydrogen) atoms. The summed E-state index contributed by atoms with van der Waals surface area (Å²) in [6.07, 6.45) is 0.616. The summed E-state index contributed by atoms with van der Waals surface area (Å²) in [5.74, 6) is -0.156. The fourth-order valence-corrected chi connectivity index (χ4v) is 2.47. The summed E-state index contributed by atoms with van der Waals surface area (Å²) in [6, 6.07) is 16.9. The molecule has 1 amide bonds. The van der Waals surface area contributed by atoms with Crippen LogP contribution in [-0.2, 0) is 4.79 Å². The smallest absolute Gasteiger partial charge is 0.239 e. The Labute approximate surface area is 130 Å². The Morgan fingerprint density at radius 3 is 2.38 bits per heavy atom. The third kappa shape index (κ3) is 4.23. The number of hydrogen-bond donors (Lipinski definition) is 2. The average molecular weight is 303 g/mol. The van der Waals surface area contributed by atoms with Crippen molar-refractivity contribution in [2.45, 2.75) is 25.3 Å². The first-order valence-electron chi connectivity index (χ1n) is 6.93. The number of nitrogens with two attached hydrogens (primary N) is 1. The number of nitrogens with one attached hydrogen (secondary N) is 1. The van der Waals surface area contributed by atoms with Crippen LogP contribution in [0.25, 0.3) is 0 Å². The van der Waals surface area contributed by atoms with Gasteiger partial charge in [-0.25, -0.2) is 0 Å². The minimum atomic E-state index is -0.458. The summed E-state index contributed by atoms with van der Waals surface area (Å²) in [6.45, 7) is 2.08. The molecule has 0 fully saturated rings. The maximum atomic E-state index is 11.7. The van der Waals surface area contributed by atoms with E-state index in [4.69, 9.17) is 17.3 Å². The lowest BCUT2D eigenvalue weighted by Gasteiger charge is -2.21. The predicted molar refractivity (Wildman–Crippen MR) is 87.5 cm³/mol. The molecule has 3 N–H and O–H groups in total. The Hall–Kier alpha value is -2.00. The van der Waals surface area contributed by atoms with Gasteiger partial charge >= 0.3 is 0 Å². The zero-order valence-electron chi connectivity index (χ0n) is 11.9. The van der Waals surface area contributed by atoms with E-state index < -0.39 is 6.04 Å². The predicted octanol–water partition coefficient (Wildman–Crippen LogP) is 3.80. The van der Waals surface area contributed by atoms with E-state index in [9.17, 15) is 4.79 Å². The molecular weight excluding hydrogens is 284 g/mol. The first-order chi connectivity index (χ1) is 10.1. The van der Waals surface area contributed by atoms with Crippen LogP contribution >= 0.6 is 11.6 Å². The van der Waals surface area contributed by atoms with Gasteiger partial charge in [0.1, 0.15) is 6.04 Å². The van der Waals surface area contributed by atoms with Crippen molar-refractivity contribution in [3.8, 4) is 0 Å². The molecule has 0 bridgehead atoms. The van der Waals surface area contributed by atoms with Gasteiger partial charge < -0.3 is 11.1 Å². The van der Waals surface area contributed by atoms with Gasteiger partial charge in [-0.15, -0.1) is 0 Å². The van der Waals surface area contributed by atoms with E-state index >= 15 is 0 Å². The largest absolute Gasteiger partial charge is 0.372 e. The van der Waals surface area contributed by atoms with Gasteiger partial charge in [0.2, 0.25) is 5.91 Å². The fourth-order valence-electron chi connectivity index (χ4n) is 2.28. The van der Waals surface area contributed by atoms with Crippen LogP contribution in [0.3, 0.4) is 0 Å². The monoisotopic (exact) mass is 302 g/mol. The van der Waals surface area contributed by atoms with Gasteiger partial charge in [-0.3, -0.25) is 4.79 Å². The summed E-state index contributed by atoms with van der Waals surface area (Å²) < 4.78 is 0. The number of halogens is 1. The second kappa shape index (κ2) is 7.14. The van der Waals surface area contributed by atoms with Crippen molar-refractivity contribution >= 4 is 23.2 Å². The number of primary amides is 1. The minimum absolute atomic E-state index is 0.221. The molecular formula is C17H19ClN2O. The van der Waals surface area contributed by atoms with Crippen LogP contribution in [0.15, 0.2) is 54.6 Å². The molecule has 2 aromatic rings. The summed E-state index contributed by atoms with van der Waals surface area (Å²) in [7, 11) is 0. The van der Waals surface area contributed by atoms with Crippen LogP contribution in [0.2, 0.25) is 5.02 Å². The molecule has 2 atom stereocenters. The summed E-state index contributed by atoms with van der Waals surface area (Å²) >= 11 is 6.11. The molecule has 0 aromatic heterocycles. The maximum absolute atomic E-state index is 11.7. The standard InChI is InChI=1S/C17H19ClN2O/c1-12(13-7-3-2-4-8-13)11-16(17(19)21)20-15-10-6-5-9-14(15)18/h2-10,12,16,20H,11H2,1H3,(H2,19,21). The highest BCUT2D eigenvalue weighted by atomic mass is 35.5. The molecule has 3 nitrogen and oxygen atoms in total. The van der Waals surface area contributed by atoms with E-state index in [0.29, 0.717) is 11.4 Å². The van der Waals surface area contributed by atoms with E-state index in [1.165, 1.54) is 5.56 Å². The third-order valence-electron chi connectivity index (χ3n) is 3.50. The Balaban J connectivity index is 2.10. The molecule has 2 rings (SSSR count). The number of hydrogen-bond acceptors (Lipinski definition) is 2. The van der Waals surface area contributed by atoms with Gasteiger partial charge in [0.05, 0.1) is 10.7 Å². The lowest BCUT2D eigenvalue weighted by molar-refractivity contribution is -0.118. The van der Waals surface area contributed by atoms with E-state index in [1.807, 2.05) is 36.4 Å². The van der Waals surface area contributed by atoms with Crippen LogP contribution in [0.5, 0.6) is 0 Å². The van der Waals surface area contributed by atoms with E-state index in [2.05, 4.69) is 24.4 Å². The van der Waals surface area contributed by atoms with E-state index in [-0.39, 0.29) is 11.8 Å². The zero-order valence-corrected chi connectivity index (χ0v) is 12.7. The van der Waals surface area contributed by atoms with Crippen molar-refractivity contribution in [1.82, 2.24) is 0 Å². The minimum Gasteiger partial charge on any atom is -0.372 e. The highest BCUT2D eigenvalue weighted by molar-refractivity contribution is 6.33. The van der Waals surface area contributed by atoms with Crippen LogP contribution in [0.4, 0.5) is 5.69 Å². The van der Waals surface area contributed by atoms with E-state index in [0.717, 1.165) is 5.69 Å². The highest BCUT2D eigenvalue weighted by Crippen LogP contribution is 2.25. The van der Waals surface area contributed by atoms with Crippen LogP contribution < -0.4 is 11.1 Å². The first kappa shape index (κ1) is 15.4. The molecule has 0 aliphatic rings. The van der Waals surface area contributed by atoms with Gasteiger partial charge in [0, 0.05) is 0 Å². The number of benzene rings is 2. The quantitative estimate of drug-likeness (QED) is 0.852. The van der Waals surface area contributed by atoms with Crippen molar-refractivity contribution in [3.05, 3.63) is 65.2 Å². The van der Waals surface area contributed by atoms with Crippen molar-refractivity contribution in [1.29, 1.82) is 0 Å². The zero-order chi connectivity index (χ0) is 15.2. The molecule has 4 heteroatoms. The van der Waals surface area contributed by atoms with Crippen molar-refractivity contribution in [2.24, 2.45) is 5.73 Å². The first-order valence-corrected chi connectivity index (χ1v) is 7.31. The lowest BCUT2D eigenvalue weighted by atomic mass is 9.93. The fraction of sp³-hybridized carbons (Fsp3) is 0.235. The van der Waals surface area contributed by atoms with Crippen molar-refractivity contribution in [2.75, 3.05) is 5.32 Å². The third-order valence-corrected chi connectivity index (χ3v) is 3.83. The van der Waals surface area contributed by atoms with Gasteiger partial charge in [-0.2, -0.15) is 0 Å². The number of amides is 1. The maximum Gasteiger partial charge on any atom is 0.239 e. The van der Waals surface area contributed by atoms with Gasteiger partial charge in [0.25, 0.3) is 0 Å². The summed E-state index contributed by atoms with van der Waals surface area (Å²) in [4.78, 5) is 11.7. The molecule has 0 saturated carbocycles. The Morgan fingerprint density at radius 1 is 1.14 bits per heavy atom. The number of rotatable bonds is 6. The molecule has 2 aromatic carbocycles. The Bertz CT molecular complexity index is 601. The molecule has 0 spiro atoms. The summed E-state index contributed by atoms with van der Waals surface area (Å²) in [5.41, 5.74) is 7.43. The number of anilines is 1. The van der Waals surface area contributed by atoms with Crippen LogP contribution in [-0.4, -0.2) is 11.9 Å². The van der Waals surface area contributed by atoms with Crippen molar-refractivity contribution in [3.63, 3.8) is 0 Å². The number of para-hydroxylation sites is 1. The van der Waals surface area contributed by atoms with Crippen LogP contribution in [0.1, 0.15) is 24.8 Å². The molecule has 0 aliphatic heterocycles. The van der Waals surface area contributed by atoms with Crippen LogP contribution in [0, 0.1) is 0 Å². The molecule has 0 aliphatic carbocycles. The van der Waals surface area contributed by atoms with Gasteiger partial charge in [-0.1, -0.05) is 61.0 Å². The molecule has 0 saturated heterocycles. The summed E-state index contributed by atoms with van der Waals surface area (Å²) in [5, 5.41) is 3.72. The second-order valence-corrected chi connectivity index (χ2v) is 5.53. The van der Waals surface area contributed by atoms with Crippen molar-refractivity contribution < 1.29 is 4.79 Å². The molecule has 110 valence electrons. The Kier molecular flexibility index (Phi) is 5.23. The number of carbonyl (C=O) groups excluding carboxylic acids is 1. The van der Waals surface area contributed by atoms with E-state index in [1.54, 1.807) is 6.07 Å². The normalized spacial score (nSPS) is 13.4. The number of carbonyl (C=O) groups is 1. The topological polar surface area (TPSA) is 55.1 Å². The second-order valence-electron chi connectivity index (χ2n) is 5.13. The molecule has 0 heterocycles. The Morgan fingerprint density at radius 2 is 1.76 bits per heavy atom. The lowest BCUT2D eigenvalue weighted by Crippen LogP contribution is -2.36. The average Bonchev–Trinajstić information content (AvgIpc) is 2.49. The van der Waals surface area contributed by atoms with Gasteiger partial charge in [0.15, 0.2) is 0 Å². The SMILES string of the molecule is CC(CC(Nc1ccccc1Cl)C(N)=O)c1ccccc1. The highest BCUT2D eigenvalue weighted by Gasteiger charge is 2.20. The molecule has 2 unspecified atom stereocenters. The molecule has 0 radical (unpaired) electrons. The van der Waals surface area contributed by atoms with Gasteiger partial charge in [-0.05, 0) is 30.0 Å².